The molecule has 0 radical (unpaired) electrons. The molecule has 0 fully saturated rings. The van der Waals surface area contributed by atoms with Crippen LogP contribution in [0.2, 0.25) is 0 Å². The zero-order valence-electron chi connectivity index (χ0n) is 43.5. The fourth-order valence-corrected chi connectivity index (χ4v) is 20.5. The summed E-state index contributed by atoms with van der Waals surface area (Å²) in [5.74, 6) is -7.10. The third-order valence-corrected chi connectivity index (χ3v) is 21.2. The van der Waals surface area contributed by atoms with Crippen LogP contribution in [-0.2, 0) is 14.4 Å². The van der Waals surface area contributed by atoms with Gasteiger partial charge in [0.25, 0.3) is 35.4 Å². The van der Waals surface area contributed by atoms with Crippen LogP contribution < -0.4 is 26.6 Å². The van der Waals surface area contributed by atoms with Crippen LogP contribution in [0.25, 0.3) is 0 Å². The van der Waals surface area contributed by atoms with Gasteiger partial charge >= 0.3 is 0 Å². The van der Waals surface area contributed by atoms with E-state index in [1.165, 1.54) is 26.0 Å². The first kappa shape index (κ1) is 76.3. The van der Waals surface area contributed by atoms with Gasteiger partial charge in [0.1, 0.15) is 19.8 Å². The highest BCUT2D eigenvalue weighted by atomic mass is 127. The minimum absolute atomic E-state index is 0.00302. The van der Waals surface area contributed by atoms with Gasteiger partial charge in [-0.25, -0.2) is 0 Å². The van der Waals surface area contributed by atoms with E-state index in [0.29, 0.717) is 0 Å². The number of rotatable bonds is 28. The van der Waals surface area contributed by atoms with Crippen LogP contribution >= 0.6 is 203 Å². The van der Waals surface area contributed by atoms with Gasteiger partial charge in [0.2, 0.25) is 17.7 Å². The van der Waals surface area contributed by atoms with Gasteiger partial charge in [-0.1, -0.05) is 0 Å². The van der Waals surface area contributed by atoms with Crippen molar-refractivity contribution in [3.63, 3.8) is 0 Å². The van der Waals surface area contributed by atoms with Crippen molar-refractivity contribution in [2.75, 3.05) is 123 Å². The van der Waals surface area contributed by atoms with E-state index in [2.05, 4.69) is 26.6 Å². The van der Waals surface area contributed by atoms with Gasteiger partial charge < -0.3 is 92.1 Å². The van der Waals surface area contributed by atoms with Gasteiger partial charge in [0.05, 0.1) is 110 Å². The lowest BCUT2D eigenvalue weighted by molar-refractivity contribution is -0.119. The largest absolute Gasteiger partial charge is 0.394 e. The summed E-state index contributed by atoms with van der Waals surface area (Å²) in [6.07, 6.45) is -4.01. The summed E-state index contributed by atoms with van der Waals surface area (Å²) in [6, 6.07) is 0. The molecule has 9 amide bonds. The molecule has 0 heterocycles. The Hall–Kier alpha value is -0.900. The van der Waals surface area contributed by atoms with Gasteiger partial charge in [-0.05, 0) is 210 Å². The van der Waals surface area contributed by atoms with Crippen molar-refractivity contribution in [3.8, 4) is 0 Å². The lowest BCUT2D eigenvalue weighted by atomic mass is 10.1. The van der Waals surface area contributed by atoms with E-state index < -0.39 is 111 Å². The summed E-state index contributed by atoms with van der Waals surface area (Å²) in [4.78, 5) is 129. The van der Waals surface area contributed by atoms with Gasteiger partial charge in [0, 0.05) is 77.7 Å². The smallest absolute Gasteiger partial charge is 0.256 e. The number of halogens is 9. The van der Waals surface area contributed by atoms with Crippen molar-refractivity contribution in [3.05, 3.63) is 65.5 Å². The molecule has 458 valence electrons. The van der Waals surface area contributed by atoms with Crippen LogP contribution in [0.4, 0.5) is 17.1 Å². The Morgan fingerprint density at radius 2 is 0.651 bits per heavy atom. The molecule has 0 aromatic heterocycles. The number of hydrogen-bond acceptors (Lipinski definition) is 18. The molecule has 27 nitrogen and oxygen atoms in total. The van der Waals surface area contributed by atoms with E-state index in [0.717, 1.165) is 14.7 Å². The maximum atomic E-state index is 15.3. The minimum atomic E-state index is -1.35. The number of anilines is 3. The van der Waals surface area contributed by atoms with Crippen molar-refractivity contribution in [2.24, 2.45) is 0 Å². The molecule has 3 aromatic carbocycles. The van der Waals surface area contributed by atoms with Crippen LogP contribution in [0, 0.1) is 32.1 Å². The van der Waals surface area contributed by atoms with Crippen molar-refractivity contribution < 1.29 is 89.1 Å². The summed E-state index contributed by atoms with van der Waals surface area (Å²) in [5.41, 5.74) is -0.542. The zero-order valence-corrected chi connectivity index (χ0v) is 62.9. The number of nitrogens with one attached hydrogen (secondary N) is 5. The number of amides is 9. The van der Waals surface area contributed by atoms with Gasteiger partial charge in [-0.2, -0.15) is 0 Å². The summed E-state index contributed by atoms with van der Waals surface area (Å²) in [5, 5.41) is 101. The molecule has 36 heteroatoms. The third-order valence-electron chi connectivity index (χ3n) is 11.5. The van der Waals surface area contributed by atoms with E-state index in [1.54, 1.807) is 181 Å². The molecule has 0 saturated carbocycles. The molecule has 0 aliphatic rings. The number of likely N-dealkylation sites (N-methyl/N-ethyl adjacent to an activating group) is 3. The molecular weight excluding hydrogens is 2120 g/mol. The highest BCUT2D eigenvalue weighted by Gasteiger charge is 2.35. The van der Waals surface area contributed by atoms with Crippen LogP contribution in [0.3, 0.4) is 0 Å². The SMILES string of the molecule is CN(CC(O)CO)C(=O)c1c(I)c(NC(=O)CO)c(I)c(C(=O)NCCCN(CCNC(=O)c2c(I)c(NC(=O)CO)c(I)c(C(=O)N(C)CC(O)CO)c2I)C(=O)c2c(I)c(NC(=O)CO)c(I)c(C(=O)N(C)CC(O)CO)c2I)c1I. The Labute approximate surface area is 597 Å². The van der Waals surface area contributed by atoms with E-state index in [9.17, 15) is 84.3 Å². The third kappa shape index (κ3) is 19.8. The average Bonchev–Trinajstić information content (AvgIpc) is 3.27. The molecule has 0 spiro atoms. The molecule has 14 N–H and O–H groups in total. The van der Waals surface area contributed by atoms with Crippen molar-refractivity contribution in [2.45, 2.75) is 24.7 Å². The molecule has 83 heavy (non-hydrogen) atoms. The molecule has 3 rings (SSSR count). The van der Waals surface area contributed by atoms with E-state index in [4.69, 9.17) is 0 Å². The maximum absolute atomic E-state index is 15.3. The van der Waals surface area contributed by atoms with Crippen LogP contribution in [-0.4, -0.2) is 244 Å². The summed E-state index contributed by atoms with van der Waals surface area (Å²) in [7, 11) is 4.05. The minimum Gasteiger partial charge on any atom is -0.394 e. The Morgan fingerprint density at radius 1 is 0.386 bits per heavy atom. The fraction of sp³-hybridized carbons (Fsp3) is 0.426. The Bertz CT molecular complexity index is 3000. The topological polar surface area (TPSA) is 409 Å². The number of benzene rings is 3. The Kier molecular flexibility index (Phi) is 33.2. The first-order valence-electron chi connectivity index (χ1n) is 23.7. The molecular formula is C47H54I9N9O18. The summed E-state index contributed by atoms with van der Waals surface area (Å²) < 4.78 is 1.27. The standard InChI is InChI=1S/C47H54I9N9O18/c1-62(9-18(72)12-66)44(80)26-30(48)24(33(51)39(35(26)53)59-21(75)15-69)42(78)57-5-4-7-65(47(83)29-32(50)28(46(82)64(3)11-20(74)14-68)37(55)41(38(29)56)61-23(77)17-71)8-6-58-43(79)25-31(49)27(45(81)63(2)10-19(73)13-67)36(54)40(34(25)52)60-22(76)16-70/h18-20,66-74H,4-17H2,1-3H3,(H,57,78)(H,58,79)(H,59,75)(H,60,76)(H,61,77). The molecule has 0 saturated heterocycles. The maximum Gasteiger partial charge on any atom is 0.256 e. The van der Waals surface area contributed by atoms with Gasteiger partial charge in [0.15, 0.2) is 0 Å². The van der Waals surface area contributed by atoms with Gasteiger partial charge in [-0.3, -0.25) is 43.2 Å². The van der Waals surface area contributed by atoms with E-state index in [1.807, 2.05) is 22.6 Å². The van der Waals surface area contributed by atoms with Crippen LogP contribution in [0.15, 0.2) is 0 Å². The number of aliphatic hydroxyl groups is 9. The quantitative estimate of drug-likeness (QED) is 0.0354. The lowest BCUT2D eigenvalue weighted by Gasteiger charge is -2.28. The summed E-state index contributed by atoms with van der Waals surface area (Å²) in [6.45, 7) is -6.90. The molecule has 0 aliphatic heterocycles. The van der Waals surface area contributed by atoms with Crippen molar-refractivity contribution in [1.29, 1.82) is 0 Å². The number of carbonyl (C=O) groups is 9. The second-order valence-corrected chi connectivity index (χ2v) is 27.3. The molecule has 3 aromatic rings. The second-order valence-electron chi connectivity index (χ2n) is 17.5. The first-order chi connectivity index (χ1) is 38.9. The highest BCUT2D eigenvalue weighted by molar-refractivity contribution is 14.1. The molecule has 0 aliphatic carbocycles. The number of hydrogen-bond donors (Lipinski definition) is 14. The fourth-order valence-electron chi connectivity index (χ4n) is 7.38. The summed E-state index contributed by atoms with van der Waals surface area (Å²) >= 11 is 16.2. The Morgan fingerprint density at radius 3 is 0.940 bits per heavy atom. The molecule has 0 bridgehead atoms. The molecule has 3 atom stereocenters. The number of nitrogens with zero attached hydrogens (tertiary/aromatic N) is 4. The lowest BCUT2D eigenvalue weighted by Crippen LogP contribution is -2.42. The molecule has 3 unspecified atom stereocenters. The van der Waals surface area contributed by atoms with E-state index in [-0.39, 0.29) is 135 Å². The predicted octanol–water partition coefficient (Wildman–Crippen LogP) is 0.888. The van der Waals surface area contributed by atoms with Gasteiger partial charge in [-0.15, -0.1) is 0 Å². The number of aliphatic hydroxyl groups excluding tert-OH is 9. The number of carbonyl (C=O) groups excluding carboxylic acids is 9. The highest BCUT2D eigenvalue weighted by Crippen LogP contribution is 2.40. The zero-order chi connectivity index (χ0) is 63.1. The van der Waals surface area contributed by atoms with Crippen molar-refractivity contribution >= 4 is 274 Å². The Balaban J connectivity index is 2.24. The van der Waals surface area contributed by atoms with Crippen LogP contribution in [0.5, 0.6) is 0 Å². The van der Waals surface area contributed by atoms with Crippen molar-refractivity contribution in [1.82, 2.24) is 30.2 Å². The average molecular weight is 2180 g/mol. The van der Waals surface area contributed by atoms with E-state index >= 15 is 4.79 Å². The first-order valence-corrected chi connectivity index (χ1v) is 33.5. The predicted molar refractivity (Wildman–Crippen MR) is 376 cm³/mol. The normalized spacial score (nSPS) is 12.2. The monoisotopic (exact) mass is 2170 g/mol. The van der Waals surface area contributed by atoms with Crippen LogP contribution in [0.1, 0.15) is 68.6 Å². The second kappa shape index (κ2) is 36.1.